The molecule has 3 aromatic rings. The Hall–Kier alpha value is -2.45. The summed E-state index contributed by atoms with van der Waals surface area (Å²) in [5.41, 5.74) is 1.67. The Kier molecular flexibility index (Phi) is 3.50. The fourth-order valence-electron chi connectivity index (χ4n) is 2.29. The summed E-state index contributed by atoms with van der Waals surface area (Å²) in [6, 6.07) is 11.9. The van der Waals surface area contributed by atoms with Crippen molar-refractivity contribution in [2.24, 2.45) is 0 Å². The van der Waals surface area contributed by atoms with E-state index in [4.69, 9.17) is 9.47 Å². The molecule has 24 heavy (non-hydrogen) atoms. The van der Waals surface area contributed by atoms with Gasteiger partial charge < -0.3 is 9.47 Å². The second-order valence-corrected chi connectivity index (χ2v) is 8.14. The molecule has 0 aliphatic carbocycles. The maximum atomic E-state index is 12.6. The molecule has 2 aromatic carbocycles. The second-order valence-electron chi connectivity index (χ2n) is 5.27. The number of hydrogen-bond acceptors (Lipinski definition) is 7. The molecular formula is C16H12N2O4S2. The van der Waals surface area contributed by atoms with E-state index in [1.165, 1.54) is 0 Å². The second kappa shape index (κ2) is 5.57. The summed E-state index contributed by atoms with van der Waals surface area (Å²) in [5, 5.41) is 0. The van der Waals surface area contributed by atoms with Gasteiger partial charge in [0.1, 0.15) is 0 Å². The molecule has 122 valence electrons. The quantitative estimate of drug-likeness (QED) is 0.714. The summed E-state index contributed by atoms with van der Waals surface area (Å²) in [6.45, 7) is 2.08. The lowest BCUT2D eigenvalue weighted by atomic mass is 10.2. The highest BCUT2D eigenvalue weighted by Gasteiger charge is 2.24. The third kappa shape index (κ3) is 2.53. The van der Waals surface area contributed by atoms with E-state index in [0.717, 1.165) is 17.1 Å². The molecule has 1 aliphatic rings. The first-order chi connectivity index (χ1) is 11.5. The Labute approximate surface area is 142 Å². The van der Waals surface area contributed by atoms with Crippen molar-refractivity contribution in [3.8, 4) is 22.9 Å². The maximum Gasteiger partial charge on any atom is 0.235 e. The van der Waals surface area contributed by atoms with Gasteiger partial charge in [0, 0.05) is 5.56 Å². The van der Waals surface area contributed by atoms with Crippen LogP contribution < -0.4 is 9.47 Å². The molecule has 8 heteroatoms. The van der Waals surface area contributed by atoms with Crippen molar-refractivity contribution in [3.63, 3.8) is 0 Å². The van der Waals surface area contributed by atoms with Crippen molar-refractivity contribution < 1.29 is 17.9 Å². The first-order valence-corrected chi connectivity index (χ1v) is 9.35. The first-order valence-electron chi connectivity index (χ1n) is 7.09. The Bertz CT molecular complexity index is 1010. The fraction of sp³-hybridized carbons (Fsp3) is 0.125. The van der Waals surface area contributed by atoms with E-state index in [-0.39, 0.29) is 16.0 Å². The lowest BCUT2D eigenvalue weighted by Gasteiger charge is -2.01. The Balaban J connectivity index is 1.71. The van der Waals surface area contributed by atoms with Crippen LogP contribution in [0, 0.1) is 6.92 Å². The molecule has 0 saturated carbocycles. The van der Waals surface area contributed by atoms with Gasteiger partial charge in [-0.3, -0.25) is 0 Å². The number of ether oxygens (including phenoxy) is 2. The van der Waals surface area contributed by atoms with Gasteiger partial charge in [-0.05, 0) is 48.8 Å². The molecule has 6 nitrogen and oxygen atoms in total. The van der Waals surface area contributed by atoms with E-state index < -0.39 is 9.84 Å². The summed E-state index contributed by atoms with van der Waals surface area (Å²) in [7, 11) is -3.67. The summed E-state index contributed by atoms with van der Waals surface area (Å²) in [6.07, 6.45) is 0. The standard InChI is InChI=1S/C16H12N2O4S2/c1-10-2-5-12(6-3-10)24(19,20)16-17-15(18-23-16)11-4-7-13-14(8-11)22-9-21-13/h2-8H,9H2,1H3. The zero-order chi connectivity index (χ0) is 16.7. The van der Waals surface area contributed by atoms with E-state index in [9.17, 15) is 8.42 Å². The number of fused-ring (bicyclic) bond motifs is 1. The molecular weight excluding hydrogens is 348 g/mol. The first kappa shape index (κ1) is 15.1. The van der Waals surface area contributed by atoms with Crippen LogP contribution >= 0.6 is 11.5 Å². The normalized spacial score (nSPS) is 13.2. The van der Waals surface area contributed by atoms with Crippen molar-refractivity contribution in [2.75, 3.05) is 6.79 Å². The average Bonchev–Trinajstić information content (AvgIpc) is 3.24. The van der Waals surface area contributed by atoms with Crippen LogP contribution in [0.1, 0.15) is 5.56 Å². The third-order valence-electron chi connectivity index (χ3n) is 3.60. The van der Waals surface area contributed by atoms with Crippen molar-refractivity contribution in [2.45, 2.75) is 16.2 Å². The maximum absolute atomic E-state index is 12.6. The number of rotatable bonds is 3. The van der Waals surface area contributed by atoms with Crippen LogP contribution in [-0.4, -0.2) is 24.6 Å². The largest absolute Gasteiger partial charge is 0.454 e. The molecule has 0 unspecified atom stereocenters. The number of nitrogens with zero attached hydrogens (tertiary/aromatic N) is 2. The minimum Gasteiger partial charge on any atom is -0.454 e. The van der Waals surface area contributed by atoms with Crippen LogP contribution in [0.2, 0.25) is 0 Å². The van der Waals surface area contributed by atoms with Gasteiger partial charge in [-0.25, -0.2) is 13.4 Å². The van der Waals surface area contributed by atoms with Gasteiger partial charge >= 0.3 is 0 Å². The topological polar surface area (TPSA) is 78.4 Å². The van der Waals surface area contributed by atoms with Gasteiger partial charge in [0.15, 0.2) is 17.3 Å². The zero-order valence-corrected chi connectivity index (χ0v) is 14.2. The van der Waals surface area contributed by atoms with Crippen LogP contribution in [0.15, 0.2) is 51.7 Å². The van der Waals surface area contributed by atoms with Crippen molar-refractivity contribution >= 4 is 21.4 Å². The minimum atomic E-state index is -3.67. The lowest BCUT2D eigenvalue weighted by molar-refractivity contribution is 0.174. The summed E-state index contributed by atoms with van der Waals surface area (Å²) in [5.74, 6) is 1.61. The molecule has 0 fully saturated rings. The average molecular weight is 360 g/mol. The third-order valence-corrected chi connectivity index (χ3v) is 6.44. The predicted molar refractivity (Wildman–Crippen MR) is 88.1 cm³/mol. The highest BCUT2D eigenvalue weighted by atomic mass is 32.2. The molecule has 1 aromatic heterocycles. The highest BCUT2D eigenvalue weighted by Crippen LogP contribution is 2.36. The molecule has 0 amide bonds. The van der Waals surface area contributed by atoms with Gasteiger partial charge in [-0.2, -0.15) is 4.37 Å². The van der Waals surface area contributed by atoms with Gasteiger partial charge in [0.25, 0.3) is 0 Å². The summed E-state index contributed by atoms with van der Waals surface area (Å²) >= 11 is 0.862. The summed E-state index contributed by atoms with van der Waals surface area (Å²) in [4.78, 5) is 4.41. The van der Waals surface area contributed by atoms with E-state index >= 15 is 0 Å². The number of benzene rings is 2. The molecule has 0 saturated heterocycles. The van der Waals surface area contributed by atoms with Gasteiger partial charge in [-0.15, -0.1) is 0 Å². The monoisotopic (exact) mass is 360 g/mol. The fourth-order valence-corrected chi connectivity index (χ4v) is 4.42. The molecule has 0 spiro atoms. The lowest BCUT2D eigenvalue weighted by Crippen LogP contribution is -2.01. The molecule has 4 rings (SSSR count). The number of aryl methyl sites for hydroxylation is 1. The highest BCUT2D eigenvalue weighted by molar-refractivity contribution is 7.93. The molecule has 0 radical (unpaired) electrons. The van der Waals surface area contributed by atoms with E-state index in [1.807, 2.05) is 6.92 Å². The number of sulfone groups is 1. The van der Waals surface area contributed by atoms with Crippen LogP contribution in [0.3, 0.4) is 0 Å². The number of hydrogen-bond donors (Lipinski definition) is 0. The zero-order valence-electron chi connectivity index (χ0n) is 12.6. The van der Waals surface area contributed by atoms with Crippen molar-refractivity contribution in [1.82, 2.24) is 9.36 Å². The van der Waals surface area contributed by atoms with E-state index in [2.05, 4.69) is 9.36 Å². The Morgan fingerprint density at radius 2 is 1.79 bits per heavy atom. The van der Waals surface area contributed by atoms with E-state index in [1.54, 1.807) is 42.5 Å². The SMILES string of the molecule is Cc1ccc(S(=O)(=O)c2nc(-c3ccc4c(c3)OCO4)ns2)cc1. The van der Waals surface area contributed by atoms with Crippen molar-refractivity contribution in [1.29, 1.82) is 0 Å². The molecule has 0 N–H and O–H groups in total. The van der Waals surface area contributed by atoms with Crippen molar-refractivity contribution in [3.05, 3.63) is 48.0 Å². The van der Waals surface area contributed by atoms with Crippen LogP contribution in [0.4, 0.5) is 0 Å². The number of aromatic nitrogens is 2. The molecule has 2 heterocycles. The van der Waals surface area contributed by atoms with E-state index in [0.29, 0.717) is 22.9 Å². The molecule has 0 atom stereocenters. The van der Waals surface area contributed by atoms with Crippen LogP contribution in [-0.2, 0) is 9.84 Å². The Morgan fingerprint density at radius 1 is 1.04 bits per heavy atom. The van der Waals surface area contributed by atoms with Gasteiger partial charge in [0.2, 0.25) is 21.0 Å². The molecule has 0 bridgehead atoms. The Morgan fingerprint density at radius 3 is 2.58 bits per heavy atom. The smallest absolute Gasteiger partial charge is 0.235 e. The van der Waals surface area contributed by atoms with Gasteiger partial charge in [0.05, 0.1) is 4.90 Å². The predicted octanol–water partition coefficient (Wildman–Crippen LogP) is 3.08. The summed E-state index contributed by atoms with van der Waals surface area (Å²) < 4.78 is 40.0. The van der Waals surface area contributed by atoms with Crippen LogP contribution in [0.5, 0.6) is 11.5 Å². The van der Waals surface area contributed by atoms with Gasteiger partial charge in [-0.1, -0.05) is 17.7 Å². The molecule has 1 aliphatic heterocycles. The van der Waals surface area contributed by atoms with Crippen LogP contribution in [0.25, 0.3) is 11.4 Å². The minimum absolute atomic E-state index is 0.0287.